The largest absolute Gasteiger partial charge is 0.375 e. The first-order valence-corrected chi connectivity index (χ1v) is 7.75. The predicted octanol–water partition coefficient (Wildman–Crippen LogP) is 3.78. The molecule has 0 bridgehead atoms. The van der Waals surface area contributed by atoms with E-state index >= 15 is 0 Å². The highest BCUT2D eigenvalue weighted by atomic mass is 16.1. The van der Waals surface area contributed by atoms with Gasteiger partial charge in [-0.1, -0.05) is 42.5 Å². The zero-order valence-electron chi connectivity index (χ0n) is 14.2. The summed E-state index contributed by atoms with van der Waals surface area (Å²) in [6, 6.07) is 17.6. The summed E-state index contributed by atoms with van der Waals surface area (Å²) in [5.41, 5.74) is 4.02. The van der Waals surface area contributed by atoms with Crippen LogP contribution in [0.3, 0.4) is 0 Å². The zero-order chi connectivity index (χ0) is 17.5. The van der Waals surface area contributed by atoms with Crippen LogP contribution in [0.25, 0.3) is 0 Å². The molecule has 0 unspecified atom stereocenters. The van der Waals surface area contributed by atoms with Crippen molar-refractivity contribution < 1.29 is 4.79 Å². The maximum Gasteiger partial charge on any atom is 0.267 e. The summed E-state index contributed by atoms with van der Waals surface area (Å²) in [6.07, 6.45) is 1.58. The Hall–Kier alpha value is -3.06. The Morgan fingerprint density at radius 3 is 2.54 bits per heavy atom. The molecule has 1 amide bonds. The van der Waals surface area contributed by atoms with E-state index in [1.165, 1.54) is 0 Å². The van der Waals surface area contributed by atoms with E-state index in [0.717, 1.165) is 22.4 Å². The molecule has 0 spiro atoms. The Bertz CT molecular complexity index is 788. The SMILES string of the molecule is Cc1cccc(NC(=O)/C(C#N)=C\N(C)Cc2ccccc2)c1C. The minimum atomic E-state index is -0.397. The van der Waals surface area contributed by atoms with Gasteiger partial charge in [-0.25, -0.2) is 0 Å². The van der Waals surface area contributed by atoms with Gasteiger partial charge in [0.2, 0.25) is 0 Å². The number of nitrogens with zero attached hydrogens (tertiary/aromatic N) is 2. The molecule has 2 aromatic rings. The molecular weight excluding hydrogens is 298 g/mol. The number of hydrogen-bond acceptors (Lipinski definition) is 3. The van der Waals surface area contributed by atoms with Crippen molar-refractivity contribution in [1.29, 1.82) is 5.26 Å². The molecule has 122 valence electrons. The van der Waals surface area contributed by atoms with Gasteiger partial charge in [-0.2, -0.15) is 5.26 Å². The third-order valence-electron chi connectivity index (χ3n) is 3.84. The predicted molar refractivity (Wildman–Crippen MR) is 96.2 cm³/mol. The number of amides is 1. The lowest BCUT2D eigenvalue weighted by atomic mass is 10.1. The van der Waals surface area contributed by atoms with Gasteiger partial charge in [0.25, 0.3) is 5.91 Å². The van der Waals surface area contributed by atoms with Crippen LogP contribution in [-0.2, 0) is 11.3 Å². The van der Waals surface area contributed by atoms with Crippen molar-refractivity contribution in [3.63, 3.8) is 0 Å². The molecular formula is C20H21N3O. The summed E-state index contributed by atoms with van der Waals surface area (Å²) in [4.78, 5) is 14.2. The van der Waals surface area contributed by atoms with Gasteiger partial charge in [-0.15, -0.1) is 0 Å². The van der Waals surface area contributed by atoms with E-state index in [0.29, 0.717) is 6.54 Å². The minimum absolute atomic E-state index is 0.0781. The summed E-state index contributed by atoms with van der Waals surface area (Å²) in [6.45, 7) is 4.56. The smallest absolute Gasteiger partial charge is 0.267 e. The van der Waals surface area contributed by atoms with Crippen molar-refractivity contribution in [1.82, 2.24) is 4.90 Å². The van der Waals surface area contributed by atoms with Gasteiger partial charge in [0.05, 0.1) is 0 Å². The highest BCUT2D eigenvalue weighted by Crippen LogP contribution is 2.18. The first-order valence-electron chi connectivity index (χ1n) is 7.75. The van der Waals surface area contributed by atoms with Gasteiger partial charge in [-0.05, 0) is 36.6 Å². The van der Waals surface area contributed by atoms with Gasteiger partial charge in [-0.3, -0.25) is 4.79 Å². The molecule has 0 heterocycles. The highest BCUT2D eigenvalue weighted by molar-refractivity contribution is 6.06. The van der Waals surface area contributed by atoms with Crippen molar-refractivity contribution in [3.05, 3.63) is 77.0 Å². The van der Waals surface area contributed by atoms with E-state index in [1.54, 1.807) is 6.20 Å². The van der Waals surface area contributed by atoms with E-state index in [4.69, 9.17) is 0 Å². The molecule has 24 heavy (non-hydrogen) atoms. The third kappa shape index (κ3) is 4.47. The van der Waals surface area contributed by atoms with E-state index in [-0.39, 0.29) is 5.57 Å². The Morgan fingerprint density at radius 2 is 1.88 bits per heavy atom. The molecule has 0 atom stereocenters. The lowest BCUT2D eigenvalue weighted by Crippen LogP contribution is -2.18. The first kappa shape index (κ1) is 17.3. The quantitative estimate of drug-likeness (QED) is 0.674. The Morgan fingerprint density at radius 1 is 1.17 bits per heavy atom. The molecule has 2 aromatic carbocycles. The first-order chi connectivity index (χ1) is 11.5. The van der Waals surface area contributed by atoms with Crippen LogP contribution < -0.4 is 5.32 Å². The molecule has 4 nitrogen and oxygen atoms in total. The van der Waals surface area contributed by atoms with Crippen molar-refractivity contribution >= 4 is 11.6 Å². The summed E-state index contributed by atoms with van der Waals surface area (Å²) in [7, 11) is 1.84. The van der Waals surface area contributed by atoms with E-state index in [2.05, 4.69) is 5.32 Å². The maximum absolute atomic E-state index is 12.4. The van der Waals surface area contributed by atoms with Crippen LogP contribution in [0.5, 0.6) is 0 Å². The third-order valence-corrected chi connectivity index (χ3v) is 3.84. The van der Waals surface area contributed by atoms with Gasteiger partial charge >= 0.3 is 0 Å². The number of carbonyl (C=O) groups is 1. The number of carbonyl (C=O) groups excluding carboxylic acids is 1. The number of anilines is 1. The molecule has 0 aromatic heterocycles. The number of hydrogen-bond donors (Lipinski definition) is 1. The normalized spacial score (nSPS) is 10.8. The second kappa shape index (κ2) is 7.98. The molecule has 4 heteroatoms. The van der Waals surface area contributed by atoms with Crippen LogP contribution in [0.4, 0.5) is 5.69 Å². The molecule has 1 N–H and O–H groups in total. The van der Waals surface area contributed by atoms with E-state index < -0.39 is 5.91 Å². The number of rotatable bonds is 5. The Labute approximate surface area is 143 Å². The molecule has 0 fully saturated rings. The van der Waals surface area contributed by atoms with Crippen LogP contribution >= 0.6 is 0 Å². The Balaban J connectivity index is 2.10. The number of nitriles is 1. The summed E-state index contributed by atoms with van der Waals surface area (Å²) < 4.78 is 0. The molecule has 0 radical (unpaired) electrons. The second-order valence-corrected chi connectivity index (χ2v) is 5.76. The van der Waals surface area contributed by atoms with Gasteiger partial charge in [0.1, 0.15) is 11.6 Å². The van der Waals surface area contributed by atoms with Crippen molar-refractivity contribution in [2.45, 2.75) is 20.4 Å². The van der Waals surface area contributed by atoms with Crippen LogP contribution in [-0.4, -0.2) is 17.9 Å². The molecule has 2 rings (SSSR count). The fourth-order valence-electron chi connectivity index (χ4n) is 2.35. The topological polar surface area (TPSA) is 56.1 Å². The zero-order valence-corrected chi connectivity index (χ0v) is 14.2. The summed E-state index contributed by atoms with van der Waals surface area (Å²) in [5.74, 6) is -0.397. The van der Waals surface area contributed by atoms with E-state index in [9.17, 15) is 10.1 Å². The van der Waals surface area contributed by atoms with Crippen LogP contribution in [0, 0.1) is 25.2 Å². The highest BCUT2D eigenvalue weighted by Gasteiger charge is 2.12. The van der Waals surface area contributed by atoms with Gasteiger partial charge < -0.3 is 10.2 Å². The standard InChI is InChI=1S/C20H21N3O/c1-15-8-7-11-19(16(15)2)22-20(24)18(12-21)14-23(3)13-17-9-5-4-6-10-17/h4-11,14H,13H2,1-3H3,(H,22,24)/b18-14-. The average Bonchev–Trinajstić information content (AvgIpc) is 2.57. The molecule has 0 saturated heterocycles. The van der Waals surface area contributed by atoms with Crippen LogP contribution in [0.15, 0.2) is 60.3 Å². The number of nitrogens with one attached hydrogen (secondary N) is 1. The molecule has 0 aliphatic rings. The lowest BCUT2D eigenvalue weighted by Gasteiger charge is -2.15. The van der Waals surface area contributed by atoms with Crippen LogP contribution in [0.2, 0.25) is 0 Å². The average molecular weight is 319 g/mol. The monoisotopic (exact) mass is 319 g/mol. The molecule has 0 aliphatic carbocycles. The second-order valence-electron chi connectivity index (χ2n) is 5.76. The van der Waals surface area contributed by atoms with Crippen molar-refractivity contribution in [3.8, 4) is 6.07 Å². The Kier molecular flexibility index (Phi) is 5.75. The maximum atomic E-state index is 12.4. The van der Waals surface area contributed by atoms with Gasteiger partial charge in [0.15, 0.2) is 0 Å². The fourth-order valence-corrected chi connectivity index (χ4v) is 2.35. The minimum Gasteiger partial charge on any atom is -0.375 e. The van der Waals surface area contributed by atoms with Crippen molar-refractivity contribution in [2.75, 3.05) is 12.4 Å². The van der Waals surface area contributed by atoms with Crippen molar-refractivity contribution in [2.24, 2.45) is 0 Å². The lowest BCUT2D eigenvalue weighted by molar-refractivity contribution is -0.112. The van der Waals surface area contributed by atoms with Gasteiger partial charge in [0, 0.05) is 25.5 Å². The molecule has 0 aliphatic heterocycles. The number of benzene rings is 2. The fraction of sp³-hybridized carbons (Fsp3) is 0.200. The van der Waals surface area contributed by atoms with E-state index in [1.807, 2.05) is 80.4 Å². The summed E-state index contributed by atoms with van der Waals surface area (Å²) in [5, 5.41) is 12.1. The number of aryl methyl sites for hydroxylation is 1. The molecule has 0 saturated carbocycles. The summed E-state index contributed by atoms with van der Waals surface area (Å²) >= 11 is 0. The van der Waals surface area contributed by atoms with Crippen LogP contribution in [0.1, 0.15) is 16.7 Å².